The van der Waals surface area contributed by atoms with E-state index < -0.39 is 23.7 Å². The van der Waals surface area contributed by atoms with E-state index >= 15 is 0 Å². The Kier molecular flexibility index (Phi) is 7.35. The maximum Gasteiger partial charge on any atom is 0.408 e. The molecule has 0 spiro atoms. The van der Waals surface area contributed by atoms with Crippen LogP contribution in [0.15, 0.2) is 0 Å². The van der Waals surface area contributed by atoms with Crippen LogP contribution in [0.2, 0.25) is 0 Å². The molecule has 0 heterocycles. The number of carboxylic acid groups (broad SMARTS) is 1. The van der Waals surface area contributed by atoms with Gasteiger partial charge in [0.2, 0.25) is 0 Å². The number of alkyl carbamates (subject to hydrolysis) is 1. The molecule has 0 saturated heterocycles. The van der Waals surface area contributed by atoms with Crippen molar-refractivity contribution in [3.05, 3.63) is 0 Å². The Bertz CT molecular complexity index is 274. The number of carbonyl (C=O) groups excluding carboxylic acids is 1. The fourth-order valence-corrected chi connectivity index (χ4v) is 1.38. The highest BCUT2D eigenvalue weighted by molar-refractivity contribution is 5.79. The van der Waals surface area contributed by atoms with Crippen molar-refractivity contribution in [2.24, 2.45) is 5.73 Å². The summed E-state index contributed by atoms with van der Waals surface area (Å²) in [4.78, 5) is 22.4. The molecule has 0 aliphatic carbocycles. The third-order valence-corrected chi connectivity index (χ3v) is 2.19. The van der Waals surface area contributed by atoms with E-state index in [1.807, 2.05) is 0 Å². The van der Waals surface area contributed by atoms with Crippen molar-refractivity contribution < 1.29 is 19.4 Å². The van der Waals surface area contributed by atoms with Gasteiger partial charge in [-0.25, -0.2) is 9.59 Å². The lowest BCUT2D eigenvalue weighted by Gasteiger charge is -2.22. The highest BCUT2D eigenvalue weighted by atomic mass is 16.6. The normalized spacial score (nSPS) is 12.9. The summed E-state index contributed by atoms with van der Waals surface area (Å²) >= 11 is 0. The highest BCUT2D eigenvalue weighted by Crippen LogP contribution is 2.08. The van der Waals surface area contributed by atoms with Crippen LogP contribution in [0.25, 0.3) is 0 Å². The number of nitrogens with one attached hydrogen (secondary N) is 1. The SMILES string of the molecule is CC(C)(C)OC(=O)NC(CCCCCN)C(=O)O. The first-order chi connectivity index (χ1) is 8.26. The summed E-state index contributed by atoms with van der Waals surface area (Å²) in [6, 6.07) is -0.905. The monoisotopic (exact) mass is 260 g/mol. The number of amides is 1. The molecule has 0 bridgehead atoms. The van der Waals surface area contributed by atoms with Gasteiger partial charge in [-0.15, -0.1) is 0 Å². The molecular formula is C12H24N2O4. The van der Waals surface area contributed by atoms with Gasteiger partial charge >= 0.3 is 12.1 Å². The van der Waals surface area contributed by atoms with E-state index in [0.717, 1.165) is 12.8 Å². The molecule has 1 atom stereocenters. The summed E-state index contributed by atoms with van der Waals surface area (Å²) in [5.41, 5.74) is 4.72. The van der Waals surface area contributed by atoms with Gasteiger partial charge in [0.15, 0.2) is 0 Å². The number of ether oxygens (including phenoxy) is 1. The minimum absolute atomic E-state index is 0.384. The number of unbranched alkanes of at least 4 members (excludes halogenated alkanes) is 2. The van der Waals surface area contributed by atoms with Crippen LogP contribution >= 0.6 is 0 Å². The lowest BCUT2D eigenvalue weighted by atomic mass is 10.1. The van der Waals surface area contributed by atoms with Gasteiger partial charge < -0.3 is 20.9 Å². The number of hydrogen-bond acceptors (Lipinski definition) is 4. The maximum atomic E-state index is 11.4. The molecule has 0 saturated carbocycles. The Morgan fingerprint density at radius 3 is 2.33 bits per heavy atom. The summed E-state index contributed by atoms with van der Waals surface area (Å²) in [6.45, 7) is 5.77. The van der Waals surface area contributed by atoms with E-state index in [1.165, 1.54) is 0 Å². The van der Waals surface area contributed by atoms with Gasteiger partial charge in [-0.3, -0.25) is 0 Å². The number of nitrogens with two attached hydrogens (primary N) is 1. The minimum atomic E-state index is -1.05. The fraction of sp³-hybridized carbons (Fsp3) is 0.833. The van der Waals surface area contributed by atoms with Crippen LogP contribution in [-0.2, 0) is 9.53 Å². The molecule has 106 valence electrons. The first kappa shape index (κ1) is 16.7. The Hall–Kier alpha value is -1.30. The highest BCUT2D eigenvalue weighted by Gasteiger charge is 2.23. The summed E-state index contributed by atoms with van der Waals surface area (Å²) in [6.07, 6.45) is 2.11. The van der Waals surface area contributed by atoms with E-state index in [1.54, 1.807) is 20.8 Å². The molecule has 4 N–H and O–H groups in total. The van der Waals surface area contributed by atoms with Crippen molar-refractivity contribution in [1.82, 2.24) is 5.32 Å². The van der Waals surface area contributed by atoms with Gasteiger partial charge in [0, 0.05) is 0 Å². The maximum absolute atomic E-state index is 11.4. The zero-order valence-electron chi connectivity index (χ0n) is 11.4. The average Bonchev–Trinajstić information content (AvgIpc) is 2.19. The van der Waals surface area contributed by atoms with E-state index in [0.29, 0.717) is 19.4 Å². The predicted octanol–water partition coefficient (Wildman–Crippen LogP) is 1.48. The number of hydrogen-bond donors (Lipinski definition) is 3. The summed E-state index contributed by atoms with van der Waals surface area (Å²) in [5.74, 6) is -1.05. The largest absolute Gasteiger partial charge is 0.480 e. The van der Waals surface area contributed by atoms with Crippen LogP contribution < -0.4 is 11.1 Å². The van der Waals surface area contributed by atoms with Gasteiger partial charge in [0.1, 0.15) is 11.6 Å². The predicted molar refractivity (Wildman–Crippen MR) is 68.3 cm³/mol. The average molecular weight is 260 g/mol. The van der Waals surface area contributed by atoms with Crippen LogP contribution in [0.4, 0.5) is 4.79 Å². The molecule has 6 nitrogen and oxygen atoms in total. The third kappa shape index (κ3) is 8.81. The molecule has 0 aromatic heterocycles. The molecule has 1 unspecified atom stereocenters. The van der Waals surface area contributed by atoms with Crippen molar-refractivity contribution in [3.63, 3.8) is 0 Å². The number of aliphatic carboxylic acids is 1. The zero-order chi connectivity index (χ0) is 14.2. The molecule has 0 aromatic rings. The third-order valence-electron chi connectivity index (χ3n) is 2.19. The van der Waals surface area contributed by atoms with Crippen molar-refractivity contribution in [2.45, 2.75) is 58.1 Å². The van der Waals surface area contributed by atoms with E-state index in [2.05, 4.69) is 5.32 Å². The number of carboxylic acids is 1. The number of carbonyl (C=O) groups is 2. The van der Waals surface area contributed by atoms with Crippen LogP contribution in [0.1, 0.15) is 46.5 Å². The van der Waals surface area contributed by atoms with Crippen LogP contribution in [0.3, 0.4) is 0 Å². The molecule has 0 radical (unpaired) electrons. The van der Waals surface area contributed by atoms with E-state index in [4.69, 9.17) is 15.6 Å². The molecular weight excluding hydrogens is 236 g/mol. The van der Waals surface area contributed by atoms with Crippen molar-refractivity contribution in [1.29, 1.82) is 0 Å². The Labute approximate surface area is 108 Å². The molecule has 0 fully saturated rings. The fourth-order valence-electron chi connectivity index (χ4n) is 1.38. The Balaban J connectivity index is 4.11. The van der Waals surface area contributed by atoms with E-state index in [-0.39, 0.29) is 0 Å². The van der Waals surface area contributed by atoms with Gasteiger partial charge in [0.05, 0.1) is 0 Å². The smallest absolute Gasteiger partial charge is 0.408 e. The van der Waals surface area contributed by atoms with Crippen molar-refractivity contribution in [2.75, 3.05) is 6.54 Å². The lowest BCUT2D eigenvalue weighted by Crippen LogP contribution is -2.43. The van der Waals surface area contributed by atoms with Crippen molar-refractivity contribution in [3.8, 4) is 0 Å². The van der Waals surface area contributed by atoms with E-state index in [9.17, 15) is 9.59 Å². The Morgan fingerprint density at radius 1 is 1.28 bits per heavy atom. The second-order valence-electron chi connectivity index (χ2n) is 5.18. The summed E-state index contributed by atoms with van der Waals surface area (Å²) in [7, 11) is 0. The first-order valence-corrected chi connectivity index (χ1v) is 6.18. The molecule has 18 heavy (non-hydrogen) atoms. The zero-order valence-corrected chi connectivity index (χ0v) is 11.4. The van der Waals surface area contributed by atoms with Gasteiger partial charge in [-0.1, -0.05) is 12.8 Å². The van der Waals surface area contributed by atoms with Crippen LogP contribution in [0, 0.1) is 0 Å². The van der Waals surface area contributed by atoms with Gasteiger partial charge in [0.25, 0.3) is 0 Å². The molecule has 0 aliphatic rings. The minimum Gasteiger partial charge on any atom is -0.480 e. The first-order valence-electron chi connectivity index (χ1n) is 6.18. The molecule has 0 aromatic carbocycles. The summed E-state index contributed by atoms with van der Waals surface area (Å²) < 4.78 is 5.01. The quantitative estimate of drug-likeness (QED) is 0.602. The lowest BCUT2D eigenvalue weighted by molar-refractivity contribution is -0.139. The van der Waals surface area contributed by atoms with Gasteiger partial charge in [-0.05, 0) is 40.2 Å². The number of rotatable bonds is 7. The van der Waals surface area contributed by atoms with Crippen molar-refractivity contribution >= 4 is 12.1 Å². The summed E-state index contributed by atoms with van der Waals surface area (Å²) in [5, 5.41) is 11.3. The Morgan fingerprint density at radius 2 is 1.89 bits per heavy atom. The van der Waals surface area contributed by atoms with Crippen LogP contribution in [-0.4, -0.2) is 35.4 Å². The van der Waals surface area contributed by atoms with Gasteiger partial charge in [-0.2, -0.15) is 0 Å². The molecule has 0 aliphatic heterocycles. The topological polar surface area (TPSA) is 102 Å². The second kappa shape index (κ2) is 7.92. The molecule has 6 heteroatoms. The van der Waals surface area contributed by atoms with Crippen LogP contribution in [0.5, 0.6) is 0 Å². The second-order valence-corrected chi connectivity index (χ2v) is 5.18. The standard InChI is InChI=1S/C12H24N2O4/c1-12(2,3)18-11(17)14-9(10(15)16)7-5-4-6-8-13/h9H,4-8,13H2,1-3H3,(H,14,17)(H,15,16). The molecule has 1 amide bonds. The molecule has 0 rings (SSSR count).